The number of fused-ring (bicyclic) bond motifs is 2. The maximum Gasteiger partial charge on any atom is 0.231 e. The summed E-state index contributed by atoms with van der Waals surface area (Å²) in [6, 6.07) is 13.3. The molecule has 0 aliphatic heterocycles. The zero-order valence-corrected chi connectivity index (χ0v) is 14.9. The lowest BCUT2D eigenvalue weighted by Gasteiger charge is -2.13. The van der Waals surface area contributed by atoms with Crippen molar-refractivity contribution < 1.29 is 13.5 Å². The van der Waals surface area contributed by atoms with Gasteiger partial charge < -0.3 is 8.94 Å². The molecule has 4 rings (SSSR count). The van der Waals surface area contributed by atoms with Gasteiger partial charge in [-0.05, 0) is 41.8 Å². The van der Waals surface area contributed by atoms with E-state index in [2.05, 4.69) is 9.97 Å². The Morgan fingerprint density at radius 1 is 1.12 bits per heavy atom. The molecule has 0 amide bonds. The summed E-state index contributed by atoms with van der Waals surface area (Å²) in [5, 5.41) is 2.79. The monoisotopic (exact) mass is 352 g/mol. The van der Waals surface area contributed by atoms with Gasteiger partial charge in [-0.3, -0.25) is 9.55 Å². The van der Waals surface area contributed by atoms with Crippen LogP contribution < -0.4 is 5.30 Å². The highest BCUT2D eigenvalue weighted by molar-refractivity contribution is 7.66. The zero-order valence-electron chi connectivity index (χ0n) is 14.0. The summed E-state index contributed by atoms with van der Waals surface area (Å²) in [6.45, 7) is 1.85. The molecule has 0 saturated carbocycles. The highest BCUT2D eigenvalue weighted by Gasteiger charge is 2.23. The van der Waals surface area contributed by atoms with Gasteiger partial charge in [0, 0.05) is 41.9 Å². The Kier molecular flexibility index (Phi) is 3.91. The van der Waals surface area contributed by atoms with Gasteiger partial charge in [-0.15, -0.1) is 0 Å². The van der Waals surface area contributed by atoms with Crippen LogP contribution in [0.5, 0.6) is 0 Å². The number of pyridine rings is 1. The third-order valence-corrected chi connectivity index (χ3v) is 6.85. The molecule has 0 N–H and O–H groups in total. The molecule has 0 fully saturated rings. The van der Waals surface area contributed by atoms with E-state index in [1.807, 2.05) is 43.5 Å². The van der Waals surface area contributed by atoms with Crippen molar-refractivity contribution in [3.8, 4) is 11.5 Å². The summed E-state index contributed by atoms with van der Waals surface area (Å²) in [5.74, 6) is 0.529. The van der Waals surface area contributed by atoms with Crippen LogP contribution in [-0.4, -0.2) is 23.2 Å². The number of hydrogen-bond acceptors (Lipinski definition) is 5. The first-order valence-corrected chi connectivity index (χ1v) is 9.84. The van der Waals surface area contributed by atoms with E-state index in [-0.39, 0.29) is 0 Å². The first kappa shape index (κ1) is 16.0. The van der Waals surface area contributed by atoms with Crippen molar-refractivity contribution in [3.63, 3.8) is 0 Å². The second-order valence-electron chi connectivity index (χ2n) is 5.78. The molecule has 6 heteroatoms. The second kappa shape index (κ2) is 6.10. The number of aromatic nitrogens is 2. The van der Waals surface area contributed by atoms with Crippen molar-refractivity contribution in [3.05, 3.63) is 54.9 Å². The average molecular weight is 352 g/mol. The normalized spacial score (nSPS) is 14.0. The number of nitrogens with zero attached hydrogens (tertiary/aromatic N) is 2. The fraction of sp³-hybridized carbons (Fsp3) is 0.158. The van der Waals surface area contributed by atoms with Crippen LogP contribution in [0.3, 0.4) is 0 Å². The van der Waals surface area contributed by atoms with Gasteiger partial charge in [0.2, 0.25) is 13.3 Å². The predicted octanol–water partition coefficient (Wildman–Crippen LogP) is 4.61. The molecule has 0 bridgehead atoms. The summed E-state index contributed by atoms with van der Waals surface area (Å²) in [5.41, 5.74) is 2.21. The van der Waals surface area contributed by atoms with Crippen LogP contribution in [0.1, 0.15) is 6.92 Å². The first-order chi connectivity index (χ1) is 12.1. The molecule has 126 valence electrons. The van der Waals surface area contributed by atoms with Gasteiger partial charge in [0.1, 0.15) is 5.52 Å². The van der Waals surface area contributed by atoms with Crippen molar-refractivity contribution in [1.29, 1.82) is 0 Å². The van der Waals surface area contributed by atoms with E-state index >= 15 is 0 Å². The van der Waals surface area contributed by atoms with Crippen LogP contribution in [0.15, 0.2) is 59.3 Å². The lowest BCUT2D eigenvalue weighted by Crippen LogP contribution is -2.07. The van der Waals surface area contributed by atoms with Crippen LogP contribution in [0, 0.1) is 0 Å². The lowest BCUT2D eigenvalue weighted by atomic mass is 10.1. The lowest BCUT2D eigenvalue weighted by molar-refractivity contribution is 0.404. The molecule has 0 aliphatic carbocycles. The number of oxazole rings is 1. The van der Waals surface area contributed by atoms with E-state index in [4.69, 9.17) is 8.94 Å². The Hall–Kier alpha value is -2.49. The highest BCUT2D eigenvalue weighted by atomic mass is 31.2. The van der Waals surface area contributed by atoms with Crippen molar-refractivity contribution in [2.75, 3.05) is 13.3 Å². The van der Waals surface area contributed by atoms with E-state index in [1.165, 1.54) is 7.11 Å². The molecule has 0 aliphatic rings. The Bertz CT molecular complexity index is 1110. The molecule has 0 saturated heterocycles. The molecular formula is C19H17N2O3P. The second-order valence-corrected chi connectivity index (χ2v) is 8.64. The minimum absolute atomic E-state index is 0.438. The molecule has 5 nitrogen and oxygen atoms in total. The third kappa shape index (κ3) is 2.76. The quantitative estimate of drug-likeness (QED) is 0.502. The minimum atomic E-state index is -2.83. The molecule has 4 aromatic rings. The highest BCUT2D eigenvalue weighted by Crippen LogP contribution is 2.44. The largest absolute Gasteiger partial charge is 0.436 e. The van der Waals surface area contributed by atoms with Gasteiger partial charge >= 0.3 is 0 Å². The Morgan fingerprint density at radius 2 is 2.00 bits per heavy atom. The Morgan fingerprint density at radius 3 is 2.80 bits per heavy atom. The summed E-state index contributed by atoms with van der Waals surface area (Å²) >= 11 is 0. The maximum absolute atomic E-state index is 12.7. The molecular weight excluding hydrogens is 335 g/mol. The van der Waals surface area contributed by atoms with E-state index in [0.29, 0.717) is 22.9 Å². The van der Waals surface area contributed by atoms with E-state index in [0.717, 1.165) is 21.9 Å². The third-order valence-electron chi connectivity index (χ3n) is 4.36. The van der Waals surface area contributed by atoms with Crippen molar-refractivity contribution in [2.45, 2.75) is 6.92 Å². The smallest absolute Gasteiger partial charge is 0.231 e. The molecule has 2 heterocycles. The van der Waals surface area contributed by atoms with Crippen molar-refractivity contribution in [1.82, 2.24) is 9.97 Å². The first-order valence-electron chi connectivity index (χ1n) is 8.03. The topological polar surface area (TPSA) is 65.2 Å². The average Bonchev–Trinajstić information content (AvgIpc) is 3.10. The minimum Gasteiger partial charge on any atom is -0.436 e. The van der Waals surface area contributed by atoms with Crippen LogP contribution in [-0.2, 0) is 9.09 Å². The van der Waals surface area contributed by atoms with E-state index in [1.54, 1.807) is 18.3 Å². The predicted molar refractivity (Wildman–Crippen MR) is 99.5 cm³/mol. The fourth-order valence-electron chi connectivity index (χ4n) is 2.88. The van der Waals surface area contributed by atoms with Crippen LogP contribution in [0.2, 0.25) is 0 Å². The van der Waals surface area contributed by atoms with Crippen molar-refractivity contribution >= 4 is 34.5 Å². The molecule has 2 aromatic heterocycles. The number of rotatable bonds is 4. The van der Waals surface area contributed by atoms with Crippen LogP contribution in [0.4, 0.5) is 0 Å². The molecule has 2 aromatic carbocycles. The number of benzene rings is 2. The zero-order chi connectivity index (χ0) is 17.4. The van der Waals surface area contributed by atoms with E-state index in [9.17, 15) is 4.57 Å². The fourth-order valence-corrected chi connectivity index (χ4v) is 4.33. The molecule has 1 unspecified atom stereocenters. The Labute approximate surface area is 145 Å². The van der Waals surface area contributed by atoms with Gasteiger partial charge in [-0.2, -0.15) is 0 Å². The Balaban J connectivity index is 1.81. The summed E-state index contributed by atoms with van der Waals surface area (Å²) in [6.07, 6.45) is 4.02. The summed E-state index contributed by atoms with van der Waals surface area (Å²) < 4.78 is 23.9. The van der Waals surface area contributed by atoms with Gasteiger partial charge in [-0.25, -0.2) is 4.98 Å². The van der Waals surface area contributed by atoms with Crippen LogP contribution in [0.25, 0.3) is 33.3 Å². The van der Waals surface area contributed by atoms with Gasteiger partial charge in [0.05, 0.1) is 0 Å². The van der Waals surface area contributed by atoms with E-state index < -0.39 is 7.37 Å². The summed E-state index contributed by atoms with van der Waals surface area (Å²) in [7, 11) is -1.35. The van der Waals surface area contributed by atoms with Gasteiger partial charge in [0.25, 0.3) is 0 Å². The standard InChI is InChI=1S/C19H17N2O3P/c1-3-25(22,23-2)16-6-7-17-18(11-16)24-19(21-17)14-5-4-13-8-9-20-12-15(13)10-14/h4-12H,3H2,1-2H3. The molecule has 0 radical (unpaired) electrons. The number of hydrogen-bond donors (Lipinski definition) is 0. The van der Waals surface area contributed by atoms with Gasteiger partial charge in [0.15, 0.2) is 5.58 Å². The molecule has 25 heavy (non-hydrogen) atoms. The molecule has 1 atom stereocenters. The summed E-state index contributed by atoms with van der Waals surface area (Å²) in [4.78, 5) is 8.70. The van der Waals surface area contributed by atoms with Crippen LogP contribution >= 0.6 is 7.37 Å². The SMILES string of the molecule is CCP(=O)(OC)c1ccc2nc(-c3ccc4ccncc4c3)oc2c1. The van der Waals surface area contributed by atoms with Crippen molar-refractivity contribution in [2.24, 2.45) is 0 Å². The van der Waals surface area contributed by atoms with Gasteiger partial charge in [-0.1, -0.05) is 13.0 Å². The molecule has 0 spiro atoms. The maximum atomic E-state index is 12.7.